The van der Waals surface area contributed by atoms with Crippen LogP contribution in [0.15, 0.2) is 71.1 Å². The lowest BCUT2D eigenvalue weighted by Crippen LogP contribution is -2.47. The van der Waals surface area contributed by atoms with E-state index in [1.54, 1.807) is 52.8 Å². The highest BCUT2D eigenvalue weighted by Gasteiger charge is 2.36. The van der Waals surface area contributed by atoms with Crippen molar-refractivity contribution in [2.45, 2.75) is 37.1 Å². The number of hydrogen-bond donors (Lipinski definition) is 0. The van der Waals surface area contributed by atoms with Crippen LogP contribution in [0.1, 0.15) is 41.8 Å². The maximum atomic E-state index is 14.0. The van der Waals surface area contributed by atoms with Gasteiger partial charge < -0.3 is 4.90 Å². The number of fused-ring (bicyclic) bond motifs is 2. The largest absolute Gasteiger partial charge is 0.330 e. The summed E-state index contributed by atoms with van der Waals surface area (Å²) in [7, 11) is -4.00. The standard InChI is InChI=1S/C28H27Cl2N3O3S2/c1-2-3-14-32(38(35,36)25-8-4-6-19-7-5-13-31-27(19)25)18-26(34)33-15-11-24-22(12-16-37-24)28(33)21-10-9-20(29)17-23(21)30/h4-10,12-13,16-17,28H,2-3,11,14-15,18H2,1H3/t28-/m1/s1. The number of amides is 1. The number of pyridine rings is 1. The van der Waals surface area contributed by atoms with E-state index < -0.39 is 16.1 Å². The molecule has 4 aromatic rings. The number of carbonyl (C=O) groups is 1. The predicted octanol–water partition coefficient (Wildman–Crippen LogP) is 6.57. The first kappa shape index (κ1) is 27.1. The van der Waals surface area contributed by atoms with Gasteiger partial charge in [0.15, 0.2) is 0 Å². The molecule has 1 atom stereocenters. The van der Waals surface area contributed by atoms with Crippen molar-refractivity contribution in [1.29, 1.82) is 0 Å². The molecule has 0 N–H and O–H groups in total. The molecule has 5 rings (SSSR count). The molecule has 1 aliphatic heterocycles. The molecule has 0 aliphatic carbocycles. The molecular formula is C28H27Cl2N3O3S2. The number of carbonyl (C=O) groups excluding carboxylic acids is 1. The van der Waals surface area contributed by atoms with Crippen LogP contribution >= 0.6 is 34.5 Å². The minimum absolute atomic E-state index is 0.107. The first-order valence-corrected chi connectivity index (χ1v) is 15.5. The highest BCUT2D eigenvalue weighted by atomic mass is 35.5. The Morgan fingerprint density at radius 3 is 2.74 bits per heavy atom. The average molecular weight is 589 g/mol. The molecule has 0 unspecified atom stereocenters. The molecule has 0 bridgehead atoms. The van der Waals surface area contributed by atoms with Crippen LogP contribution in [0.3, 0.4) is 0 Å². The normalized spacial score (nSPS) is 15.7. The van der Waals surface area contributed by atoms with E-state index in [0.29, 0.717) is 34.9 Å². The zero-order valence-electron chi connectivity index (χ0n) is 20.8. The van der Waals surface area contributed by atoms with Crippen molar-refractivity contribution < 1.29 is 13.2 Å². The SMILES string of the molecule is CCCCN(CC(=O)N1CCc2sccc2[C@H]1c1ccc(Cl)cc1Cl)S(=O)(=O)c1cccc2cccnc12. The second-order valence-electron chi connectivity index (χ2n) is 9.23. The van der Waals surface area contributed by atoms with Crippen molar-refractivity contribution in [1.82, 2.24) is 14.2 Å². The highest BCUT2D eigenvalue weighted by molar-refractivity contribution is 7.89. The monoisotopic (exact) mass is 587 g/mol. The number of aromatic nitrogens is 1. The molecule has 0 radical (unpaired) electrons. The summed E-state index contributed by atoms with van der Waals surface area (Å²) in [4.78, 5) is 21.3. The second-order valence-corrected chi connectivity index (χ2v) is 13.0. The van der Waals surface area contributed by atoms with Crippen molar-refractivity contribution >= 4 is 61.4 Å². The zero-order valence-corrected chi connectivity index (χ0v) is 24.0. The summed E-state index contributed by atoms with van der Waals surface area (Å²) >= 11 is 14.4. The van der Waals surface area contributed by atoms with Gasteiger partial charge in [-0.05, 0) is 59.7 Å². The lowest BCUT2D eigenvalue weighted by molar-refractivity contribution is -0.133. The van der Waals surface area contributed by atoms with Gasteiger partial charge in [0, 0.05) is 39.6 Å². The summed E-state index contributed by atoms with van der Waals surface area (Å²) in [5.41, 5.74) is 2.18. The molecule has 0 saturated heterocycles. The van der Waals surface area contributed by atoms with Crippen LogP contribution in [0, 0.1) is 0 Å². The molecular weight excluding hydrogens is 561 g/mol. The molecule has 1 amide bonds. The Kier molecular flexibility index (Phi) is 8.07. The maximum Gasteiger partial charge on any atom is 0.245 e. The molecule has 0 spiro atoms. The smallest absolute Gasteiger partial charge is 0.245 e. The quantitative estimate of drug-likeness (QED) is 0.234. The molecule has 3 heterocycles. The fraction of sp³-hybridized carbons (Fsp3) is 0.286. The summed E-state index contributed by atoms with van der Waals surface area (Å²) in [5, 5.41) is 3.73. The Balaban J connectivity index is 1.51. The van der Waals surface area contributed by atoms with Gasteiger partial charge in [0.2, 0.25) is 15.9 Å². The average Bonchev–Trinajstić information content (AvgIpc) is 3.39. The van der Waals surface area contributed by atoms with E-state index in [9.17, 15) is 13.2 Å². The van der Waals surface area contributed by atoms with E-state index in [0.717, 1.165) is 22.9 Å². The second kappa shape index (κ2) is 11.3. The summed E-state index contributed by atoms with van der Waals surface area (Å²) in [6, 6.07) is 15.6. The number of halogens is 2. The van der Waals surface area contributed by atoms with Crippen molar-refractivity contribution in [3.05, 3.63) is 92.2 Å². The predicted molar refractivity (Wildman–Crippen MR) is 153 cm³/mol. The van der Waals surface area contributed by atoms with E-state index >= 15 is 0 Å². The molecule has 0 saturated carbocycles. The molecule has 1 aliphatic rings. The molecule has 10 heteroatoms. The number of benzene rings is 2. The molecule has 2 aromatic heterocycles. The van der Waals surface area contributed by atoms with Crippen molar-refractivity contribution in [3.63, 3.8) is 0 Å². The minimum Gasteiger partial charge on any atom is -0.330 e. The molecule has 198 valence electrons. The summed E-state index contributed by atoms with van der Waals surface area (Å²) < 4.78 is 29.2. The maximum absolute atomic E-state index is 14.0. The number of sulfonamides is 1. The number of unbranched alkanes of at least 4 members (excludes halogenated alkanes) is 1. The van der Waals surface area contributed by atoms with E-state index in [4.69, 9.17) is 23.2 Å². The topological polar surface area (TPSA) is 70.6 Å². The Morgan fingerprint density at radius 2 is 1.95 bits per heavy atom. The summed E-state index contributed by atoms with van der Waals surface area (Å²) in [6.07, 6.45) is 3.70. The fourth-order valence-electron chi connectivity index (χ4n) is 4.93. The third-order valence-electron chi connectivity index (χ3n) is 6.83. The number of rotatable bonds is 8. The Hall–Kier alpha value is -2.49. The highest BCUT2D eigenvalue weighted by Crippen LogP contribution is 2.41. The lowest BCUT2D eigenvalue weighted by Gasteiger charge is -2.38. The van der Waals surface area contributed by atoms with Gasteiger partial charge in [0.1, 0.15) is 4.90 Å². The van der Waals surface area contributed by atoms with Gasteiger partial charge >= 0.3 is 0 Å². The van der Waals surface area contributed by atoms with E-state index in [-0.39, 0.29) is 23.9 Å². The van der Waals surface area contributed by atoms with Gasteiger partial charge in [0.05, 0.1) is 18.1 Å². The third-order valence-corrected chi connectivity index (χ3v) is 10.3. The summed E-state index contributed by atoms with van der Waals surface area (Å²) in [5.74, 6) is -0.272. The molecule has 0 fully saturated rings. The first-order valence-electron chi connectivity index (χ1n) is 12.5. The van der Waals surface area contributed by atoms with Gasteiger partial charge in [-0.1, -0.05) is 60.8 Å². The van der Waals surface area contributed by atoms with Crippen LogP contribution < -0.4 is 0 Å². The van der Waals surface area contributed by atoms with Crippen LogP contribution in [0.5, 0.6) is 0 Å². The Labute approximate surface area is 236 Å². The van der Waals surface area contributed by atoms with E-state index in [1.165, 1.54) is 9.18 Å². The van der Waals surface area contributed by atoms with Gasteiger partial charge in [-0.3, -0.25) is 9.78 Å². The van der Waals surface area contributed by atoms with Crippen molar-refractivity contribution in [3.8, 4) is 0 Å². The van der Waals surface area contributed by atoms with Crippen molar-refractivity contribution in [2.75, 3.05) is 19.6 Å². The fourth-order valence-corrected chi connectivity index (χ4v) is 7.94. The lowest BCUT2D eigenvalue weighted by atomic mass is 9.93. The van der Waals surface area contributed by atoms with Crippen molar-refractivity contribution in [2.24, 2.45) is 0 Å². The van der Waals surface area contributed by atoms with Gasteiger partial charge in [-0.15, -0.1) is 11.3 Å². The van der Waals surface area contributed by atoms with Gasteiger partial charge in [0.25, 0.3) is 0 Å². The zero-order chi connectivity index (χ0) is 26.9. The van der Waals surface area contributed by atoms with E-state index in [2.05, 4.69) is 4.98 Å². The Bertz CT molecular complexity index is 1580. The molecule has 6 nitrogen and oxygen atoms in total. The molecule has 2 aromatic carbocycles. The van der Waals surface area contributed by atoms with Crippen LogP contribution in [-0.2, 0) is 21.2 Å². The van der Waals surface area contributed by atoms with Gasteiger partial charge in [-0.25, -0.2) is 8.42 Å². The minimum atomic E-state index is -4.00. The first-order chi connectivity index (χ1) is 18.3. The third kappa shape index (κ3) is 5.20. The Morgan fingerprint density at radius 1 is 1.13 bits per heavy atom. The number of nitrogens with zero attached hydrogens (tertiary/aromatic N) is 3. The van der Waals surface area contributed by atoms with Crippen LogP contribution in [0.2, 0.25) is 10.0 Å². The van der Waals surface area contributed by atoms with Gasteiger partial charge in [-0.2, -0.15) is 4.31 Å². The number of thiophene rings is 1. The van der Waals surface area contributed by atoms with Crippen LogP contribution in [0.25, 0.3) is 10.9 Å². The number of hydrogen-bond acceptors (Lipinski definition) is 5. The molecule has 38 heavy (non-hydrogen) atoms. The number of para-hydroxylation sites is 1. The summed E-state index contributed by atoms with van der Waals surface area (Å²) in [6.45, 7) is 2.42. The van der Waals surface area contributed by atoms with E-state index in [1.807, 2.05) is 36.6 Å². The van der Waals surface area contributed by atoms with Crippen LogP contribution in [0.4, 0.5) is 0 Å². The van der Waals surface area contributed by atoms with Crippen LogP contribution in [-0.4, -0.2) is 48.1 Å².